The maximum atomic E-state index is 13.1. The summed E-state index contributed by atoms with van der Waals surface area (Å²) in [6.45, 7) is 1.83. The molecule has 2 aromatic heterocycles. The van der Waals surface area contributed by atoms with Crippen molar-refractivity contribution in [3.63, 3.8) is 0 Å². The zero-order valence-electron chi connectivity index (χ0n) is 15.0. The van der Waals surface area contributed by atoms with Crippen molar-refractivity contribution in [2.75, 3.05) is 5.32 Å². The van der Waals surface area contributed by atoms with Gasteiger partial charge in [0.15, 0.2) is 0 Å². The van der Waals surface area contributed by atoms with Crippen LogP contribution in [0.5, 0.6) is 0 Å². The van der Waals surface area contributed by atoms with Crippen LogP contribution in [0.1, 0.15) is 4.88 Å². The molecule has 0 unspecified atom stereocenters. The van der Waals surface area contributed by atoms with Crippen LogP contribution in [0.25, 0.3) is 21.3 Å². The van der Waals surface area contributed by atoms with Crippen LogP contribution in [0.15, 0.2) is 65.7 Å². The summed E-state index contributed by atoms with van der Waals surface area (Å²) in [5, 5.41) is 3.71. The molecular formula is C21H16ClN3O2S. The van der Waals surface area contributed by atoms with E-state index in [4.69, 9.17) is 11.6 Å². The highest BCUT2D eigenvalue weighted by Gasteiger charge is 2.17. The van der Waals surface area contributed by atoms with Crippen molar-refractivity contribution in [2.45, 2.75) is 13.5 Å². The van der Waals surface area contributed by atoms with Gasteiger partial charge in [0.25, 0.3) is 5.56 Å². The van der Waals surface area contributed by atoms with Crippen molar-refractivity contribution < 1.29 is 4.79 Å². The zero-order valence-corrected chi connectivity index (χ0v) is 16.6. The van der Waals surface area contributed by atoms with Crippen molar-refractivity contribution in [3.8, 4) is 11.1 Å². The third-order valence-electron chi connectivity index (χ3n) is 4.38. The molecule has 1 N–H and O–H groups in total. The highest BCUT2D eigenvalue weighted by Crippen LogP contribution is 2.35. The first kappa shape index (κ1) is 18.4. The van der Waals surface area contributed by atoms with Gasteiger partial charge in [-0.25, -0.2) is 4.98 Å². The Bertz CT molecular complexity index is 1230. The van der Waals surface area contributed by atoms with E-state index in [0.717, 1.165) is 16.0 Å². The summed E-state index contributed by atoms with van der Waals surface area (Å²) in [6, 6.07) is 16.7. The molecule has 0 atom stereocenters. The fourth-order valence-corrected chi connectivity index (χ4v) is 4.30. The summed E-state index contributed by atoms with van der Waals surface area (Å²) in [7, 11) is 0. The average molecular weight is 410 g/mol. The Morgan fingerprint density at radius 1 is 1.14 bits per heavy atom. The summed E-state index contributed by atoms with van der Waals surface area (Å²) in [6.07, 6.45) is 1.42. The molecule has 4 aromatic rings. The molecule has 0 aliphatic heterocycles. The molecular weight excluding hydrogens is 394 g/mol. The number of nitrogens with zero attached hydrogens (tertiary/aromatic N) is 2. The molecule has 1 amide bonds. The highest BCUT2D eigenvalue weighted by atomic mass is 35.5. The van der Waals surface area contributed by atoms with Gasteiger partial charge in [0.2, 0.25) is 5.91 Å². The average Bonchev–Trinajstić information content (AvgIpc) is 3.03. The highest BCUT2D eigenvalue weighted by molar-refractivity contribution is 7.19. The van der Waals surface area contributed by atoms with Gasteiger partial charge in [-0.2, -0.15) is 0 Å². The number of anilines is 1. The molecule has 28 heavy (non-hydrogen) atoms. The molecule has 0 saturated carbocycles. The number of thiophene rings is 1. The van der Waals surface area contributed by atoms with E-state index in [1.54, 1.807) is 24.3 Å². The fourth-order valence-electron chi connectivity index (χ4n) is 3.11. The van der Waals surface area contributed by atoms with E-state index in [1.807, 2.05) is 37.3 Å². The Morgan fingerprint density at radius 2 is 1.86 bits per heavy atom. The van der Waals surface area contributed by atoms with E-state index in [0.29, 0.717) is 20.9 Å². The molecule has 0 aliphatic carbocycles. The van der Waals surface area contributed by atoms with Gasteiger partial charge in [-0.3, -0.25) is 14.2 Å². The number of benzene rings is 2. The van der Waals surface area contributed by atoms with Crippen LogP contribution in [-0.4, -0.2) is 15.5 Å². The summed E-state index contributed by atoms with van der Waals surface area (Å²) < 4.78 is 1.33. The van der Waals surface area contributed by atoms with Crippen molar-refractivity contribution in [1.29, 1.82) is 0 Å². The lowest BCUT2D eigenvalue weighted by Gasteiger charge is -2.09. The number of halogens is 1. The minimum absolute atomic E-state index is 0.143. The molecule has 0 radical (unpaired) electrons. The van der Waals surface area contributed by atoms with E-state index in [1.165, 1.54) is 22.2 Å². The standard InChI is InChI=1S/C21H16ClN3O2S/c1-13-18(14-7-3-2-4-8-14)19-20(28-13)23-12-25(21(19)27)11-17(26)24-16-10-6-5-9-15(16)22/h2-10,12H,11H2,1H3,(H,24,26). The summed E-state index contributed by atoms with van der Waals surface area (Å²) in [5.74, 6) is -0.343. The van der Waals surface area contributed by atoms with Crippen LogP contribution in [0.4, 0.5) is 5.69 Å². The Hall–Kier alpha value is -2.96. The second kappa shape index (κ2) is 7.58. The number of aromatic nitrogens is 2. The van der Waals surface area contributed by atoms with Crippen molar-refractivity contribution in [3.05, 3.63) is 81.2 Å². The molecule has 2 aromatic carbocycles. The molecule has 140 valence electrons. The summed E-state index contributed by atoms with van der Waals surface area (Å²) in [5.41, 5.74) is 2.11. The second-order valence-electron chi connectivity index (χ2n) is 6.29. The first-order valence-corrected chi connectivity index (χ1v) is 9.82. The lowest BCUT2D eigenvalue weighted by atomic mass is 10.0. The number of carbonyl (C=O) groups is 1. The predicted octanol–water partition coefficient (Wildman–Crippen LogP) is 4.73. The van der Waals surface area contributed by atoms with E-state index in [9.17, 15) is 9.59 Å². The number of aryl methyl sites for hydroxylation is 1. The van der Waals surface area contributed by atoms with Crippen molar-refractivity contribution >= 4 is 44.7 Å². The van der Waals surface area contributed by atoms with Gasteiger partial charge >= 0.3 is 0 Å². The van der Waals surface area contributed by atoms with Gasteiger partial charge < -0.3 is 5.32 Å². The van der Waals surface area contributed by atoms with Gasteiger partial charge in [0.1, 0.15) is 11.4 Å². The van der Waals surface area contributed by atoms with E-state index in [2.05, 4.69) is 10.3 Å². The lowest BCUT2D eigenvalue weighted by Crippen LogP contribution is -2.27. The number of hydrogen-bond acceptors (Lipinski definition) is 4. The smallest absolute Gasteiger partial charge is 0.263 e. The summed E-state index contributed by atoms with van der Waals surface area (Å²) in [4.78, 5) is 31.6. The second-order valence-corrected chi connectivity index (χ2v) is 7.90. The first-order valence-electron chi connectivity index (χ1n) is 8.63. The molecule has 0 bridgehead atoms. The maximum Gasteiger partial charge on any atom is 0.263 e. The number of nitrogens with one attached hydrogen (secondary N) is 1. The van der Waals surface area contributed by atoms with Gasteiger partial charge in [0.05, 0.1) is 22.4 Å². The third kappa shape index (κ3) is 3.44. The minimum atomic E-state index is -0.343. The molecule has 0 saturated heterocycles. The number of amides is 1. The Kier molecular flexibility index (Phi) is 4.98. The van der Waals surface area contributed by atoms with Crippen LogP contribution in [0, 0.1) is 6.92 Å². The SMILES string of the molecule is Cc1sc2ncn(CC(=O)Nc3ccccc3Cl)c(=O)c2c1-c1ccccc1. The van der Waals surface area contributed by atoms with Crippen LogP contribution in [-0.2, 0) is 11.3 Å². The van der Waals surface area contributed by atoms with E-state index >= 15 is 0 Å². The maximum absolute atomic E-state index is 13.1. The molecule has 7 heteroatoms. The molecule has 0 aliphatic rings. The monoisotopic (exact) mass is 409 g/mol. The molecule has 0 spiro atoms. The van der Waals surface area contributed by atoms with Crippen molar-refractivity contribution in [2.24, 2.45) is 0 Å². The molecule has 5 nitrogen and oxygen atoms in total. The van der Waals surface area contributed by atoms with Gasteiger partial charge in [-0.15, -0.1) is 11.3 Å². The van der Waals surface area contributed by atoms with Crippen LogP contribution in [0.3, 0.4) is 0 Å². The first-order chi connectivity index (χ1) is 13.5. The molecule has 4 rings (SSSR count). The Labute approximate surface area is 170 Å². The zero-order chi connectivity index (χ0) is 19.7. The topological polar surface area (TPSA) is 64.0 Å². The van der Waals surface area contributed by atoms with E-state index in [-0.39, 0.29) is 18.0 Å². The van der Waals surface area contributed by atoms with Gasteiger partial charge in [-0.05, 0) is 24.6 Å². The Balaban J connectivity index is 1.71. The fraction of sp³-hybridized carbons (Fsp3) is 0.0952. The minimum Gasteiger partial charge on any atom is -0.323 e. The number of fused-ring (bicyclic) bond motifs is 1. The number of hydrogen-bond donors (Lipinski definition) is 1. The van der Waals surface area contributed by atoms with E-state index < -0.39 is 0 Å². The molecule has 0 fully saturated rings. The predicted molar refractivity (Wildman–Crippen MR) is 114 cm³/mol. The van der Waals surface area contributed by atoms with Crippen LogP contribution in [0.2, 0.25) is 5.02 Å². The quantitative estimate of drug-likeness (QED) is 0.530. The summed E-state index contributed by atoms with van der Waals surface area (Å²) >= 11 is 7.56. The van der Waals surface area contributed by atoms with Crippen molar-refractivity contribution in [1.82, 2.24) is 9.55 Å². The number of carbonyl (C=O) groups excluding carboxylic acids is 1. The van der Waals surface area contributed by atoms with Gasteiger partial charge in [-0.1, -0.05) is 54.1 Å². The molecule has 2 heterocycles. The number of para-hydroxylation sites is 1. The van der Waals surface area contributed by atoms with Crippen LogP contribution >= 0.6 is 22.9 Å². The third-order valence-corrected chi connectivity index (χ3v) is 5.72. The number of rotatable bonds is 4. The van der Waals surface area contributed by atoms with Crippen LogP contribution < -0.4 is 10.9 Å². The largest absolute Gasteiger partial charge is 0.323 e. The lowest BCUT2D eigenvalue weighted by molar-refractivity contribution is -0.116. The normalized spacial score (nSPS) is 10.9. The Morgan fingerprint density at radius 3 is 2.61 bits per heavy atom. The van der Waals surface area contributed by atoms with Gasteiger partial charge in [0, 0.05) is 10.4 Å².